The fourth-order valence-electron chi connectivity index (χ4n) is 1.45. The minimum absolute atomic E-state index is 0.456. The Bertz CT molecular complexity index is 285. The summed E-state index contributed by atoms with van der Waals surface area (Å²) in [4.78, 5) is 0. The molecule has 12 heavy (non-hydrogen) atoms. The Kier molecular flexibility index (Phi) is 2.20. The molecule has 1 aliphatic rings. The molecule has 0 aliphatic heterocycles. The van der Waals surface area contributed by atoms with E-state index in [0.29, 0.717) is 6.04 Å². The highest BCUT2D eigenvalue weighted by molar-refractivity contribution is 9.10. The second-order valence-corrected chi connectivity index (χ2v) is 4.31. The van der Waals surface area contributed by atoms with Gasteiger partial charge in [0, 0.05) is 10.5 Å². The van der Waals surface area contributed by atoms with E-state index in [-0.39, 0.29) is 0 Å². The van der Waals surface area contributed by atoms with Crippen LogP contribution >= 0.6 is 15.9 Å². The highest BCUT2D eigenvalue weighted by Crippen LogP contribution is 2.33. The van der Waals surface area contributed by atoms with Crippen molar-refractivity contribution in [1.82, 2.24) is 0 Å². The molecule has 0 amide bonds. The standard InChI is InChI=1S/C10H12BrN/c11-9-4-2-1-3-7(9)5-8-6-10(8)12/h1-4,8,10H,5-6,12H2. The summed E-state index contributed by atoms with van der Waals surface area (Å²) in [5, 5.41) is 0. The highest BCUT2D eigenvalue weighted by atomic mass is 79.9. The number of halogens is 1. The van der Waals surface area contributed by atoms with Gasteiger partial charge in [-0.05, 0) is 30.4 Å². The van der Waals surface area contributed by atoms with Crippen molar-refractivity contribution in [1.29, 1.82) is 0 Å². The molecule has 1 aromatic carbocycles. The van der Waals surface area contributed by atoms with E-state index < -0.39 is 0 Å². The van der Waals surface area contributed by atoms with Gasteiger partial charge in [-0.25, -0.2) is 0 Å². The van der Waals surface area contributed by atoms with E-state index in [0.717, 1.165) is 12.3 Å². The fraction of sp³-hybridized carbons (Fsp3) is 0.400. The first-order valence-corrected chi connectivity index (χ1v) is 5.05. The molecule has 2 rings (SSSR count). The molecule has 0 aromatic heterocycles. The zero-order chi connectivity index (χ0) is 8.55. The monoisotopic (exact) mass is 225 g/mol. The third-order valence-corrected chi connectivity index (χ3v) is 3.19. The van der Waals surface area contributed by atoms with Crippen molar-refractivity contribution in [2.75, 3.05) is 0 Å². The number of benzene rings is 1. The van der Waals surface area contributed by atoms with Crippen molar-refractivity contribution in [2.45, 2.75) is 18.9 Å². The molecule has 2 unspecified atom stereocenters. The van der Waals surface area contributed by atoms with E-state index in [9.17, 15) is 0 Å². The molecule has 64 valence electrons. The number of hydrogen-bond donors (Lipinski definition) is 1. The van der Waals surface area contributed by atoms with Crippen LogP contribution in [0.4, 0.5) is 0 Å². The van der Waals surface area contributed by atoms with Gasteiger partial charge in [0.05, 0.1) is 0 Å². The molecule has 2 heteroatoms. The largest absolute Gasteiger partial charge is 0.327 e. The van der Waals surface area contributed by atoms with Crippen molar-refractivity contribution in [2.24, 2.45) is 11.7 Å². The first-order chi connectivity index (χ1) is 5.77. The van der Waals surface area contributed by atoms with E-state index in [1.807, 2.05) is 6.07 Å². The number of hydrogen-bond acceptors (Lipinski definition) is 1. The smallest absolute Gasteiger partial charge is 0.0207 e. The Hall–Kier alpha value is -0.340. The van der Waals surface area contributed by atoms with Crippen molar-refractivity contribution >= 4 is 15.9 Å². The van der Waals surface area contributed by atoms with Gasteiger partial charge in [0.25, 0.3) is 0 Å². The van der Waals surface area contributed by atoms with Crippen LogP contribution in [0.2, 0.25) is 0 Å². The SMILES string of the molecule is NC1CC1Cc1ccccc1Br. The molecule has 0 heterocycles. The normalized spacial score (nSPS) is 27.2. The van der Waals surface area contributed by atoms with Crippen LogP contribution in [0.3, 0.4) is 0 Å². The maximum absolute atomic E-state index is 5.75. The third-order valence-electron chi connectivity index (χ3n) is 2.42. The van der Waals surface area contributed by atoms with E-state index in [1.165, 1.54) is 16.5 Å². The number of rotatable bonds is 2. The highest BCUT2D eigenvalue weighted by Gasteiger charge is 2.33. The van der Waals surface area contributed by atoms with Gasteiger partial charge in [0.1, 0.15) is 0 Å². The third kappa shape index (κ3) is 1.70. The van der Waals surface area contributed by atoms with Gasteiger partial charge in [-0.15, -0.1) is 0 Å². The quantitative estimate of drug-likeness (QED) is 0.822. The van der Waals surface area contributed by atoms with E-state index in [2.05, 4.69) is 34.1 Å². The minimum Gasteiger partial charge on any atom is -0.327 e. The number of nitrogens with two attached hydrogens (primary N) is 1. The van der Waals surface area contributed by atoms with E-state index >= 15 is 0 Å². The van der Waals surface area contributed by atoms with Crippen LogP contribution in [-0.4, -0.2) is 6.04 Å². The van der Waals surface area contributed by atoms with Crippen molar-refractivity contribution in [3.63, 3.8) is 0 Å². The van der Waals surface area contributed by atoms with Crippen LogP contribution < -0.4 is 5.73 Å². The van der Waals surface area contributed by atoms with Crippen LogP contribution in [0, 0.1) is 5.92 Å². The predicted molar refractivity (Wildman–Crippen MR) is 53.9 cm³/mol. The second kappa shape index (κ2) is 3.19. The molecule has 0 saturated heterocycles. The summed E-state index contributed by atoms with van der Waals surface area (Å²) in [6.45, 7) is 0. The molecule has 1 aliphatic carbocycles. The summed E-state index contributed by atoms with van der Waals surface area (Å²) in [5.74, 6) is 0.726. The molecule has 0 radical (unpaired) electrons. The fourth-order valence-corrected chi connectivity index (χ4v) is 1.90. The van der Waals surface area contributed by atoms with Crippen LogP contribution in [0.1, 0.15) is 12.0 Å². The Morgan fingerprint density at radius 1 is 1.42 bits per heavy atom. The Morgan fingerprint density at radius 2 is 2.08 bits per heavy atom. The molecular weight excluding hydrogens is 214 g/mol. The molecule has 0 bridgehead atoms. The zero-order valence-corrected chi connectivity index (χ0v) is 8.42. The maximum Gasteiger partial charge on any atom is 0.0207 e. The Balaban J connectivity index is 2.08. The molecule has 1 saturated carbocycles. The Morgan fingerprint density at radius 3 is 2.67 bits per heavy atom. The van der Waals surface area contributed by atoms with Crippen molar-refractivity contribution < 1.29 is 0 Å². The molecule has 1 fully saturated rings. The first-order valence-electron chi connectivity index (χ1n) is 4.26. The van der Waals surface area contributed by atoms with Gasteiger partial charge in [-0.3, -0.25) is 0 Å². The van der Waals surface area contributed by atoms with Gasteiger partial charge in [0.2, 0.25) is 0 Å². The molecule has 2 N–H and O–H groups in total. The zero-order valence-electron chi connectivity index (χ0n) is 6.83. The summed E-state index contributed by atoms with van der Waals surface area (Å²) in [5.41, 5.74) is 7.13. The lowest BCUT2D eigenvalue weighted by atomic mass is 10.1. The lowest BCUT2D eigenvalue weighted by Gasteiger charge is -2.01. The van der Waals surface area contributed by atoms with Crippen LogP contribution in [0.15, 0.2) is 28.7 Å². The molecule has 1 nitrogen and oxygen atoms in total. The lowest BCUT2D eigenvalue weighted by Crippen LogP contribution is -2.03. The van der Waals surface area contributed by atoms with Crippen LogP contribution in [0.25, 0.3) is 0 Å². The first kappa shape index (κ1) is 8.27. The minimum atomic E-state index is 0.456. The van der Waals surface area contributed by atoms with Gasteiger partial charge < -0.3 is 5.73 Å². The van der Waals surface area contributed by atoms with E-state index in [1.54, 1.807) is 0 Å². The predicted octanol–water partition coefficient (Wildman–Crippen LogP) is 2.34. The average Bonchev–Trinajstić information content (AvgIpc) is 2.72. The van der Waals surface area contributed by atoms with Crippen LogP contribution in [0.5, 0.6) is 0 Å². The Labute approximate surface area is 81.1 Å². The summed E-state index contributed by atoms with van der Waals surface area (Å²) in [6, 6.07) is 8.82. The molecule has 2 atom stereocenters. The van der Waals surface area contributed by atoms with Crippen molar-refractivity contribution in [3.8, 4) is 0 Å². The molecule has 0 spiro atoms. The van der Waals surface area contributed by atoms with Gasteiger partial charge in [-0.2, -0.15) is 0 Å². The second-order valence-electron chi connectivity index (χ2n) is 3.46. The van der Waals surface area contributed by atoms with Crippen LogP contribution in [-0.2, 0) is 6.42 Å². The molecule has 1 aromatic rings. The van der Waals surface area contributed by atoms with Gasteiger partial charge >= 0.3 is 0 Å². The van der Waals surface area contributed by atoms with Gasteiger partial charge in [0.15, 0.2) is 0 Å². The summed E-state index contributed by atoms with van der Waals surface area (Å²) in [7, 11) is 0. The lowest BCUT2D eigenvalue weighted by molar-refractivity contribution is 0.783. The average molecular weight is 226 g/mol. The summed E-state index contributed by atoms with van der Waals surface area (Å²) >= 11 is 3.53. The van der Waals surface area contributed by atoms with Crippen molar-refractivity contribution in [3.05, 3.63) is 34.3 Å². The topological polar surface area (TPSA) is 26.0 Å². The van der Waals surface area contributed by atoms with Gasteiger partial charge in [-0.1, -0.05) is 34.1 Å². The summed E-state index contributed by atoms with van der Waals surface area (Å²) in [6.07, 6.45) is 2.32. The summed E-state index contributed by atoms with van der Waals surface area (Å²) < 4.78 is 1.21. The maximum atomic E-state index is 5.75. The molecular formula is C10H12BrN. The van der Waals surface area contributed by atoms with E-state index in [4.69, 9.17) is 5.73 Å².